The summed E-state index contributed by atoms with van der Waals surface area (Å²) in [6.07, 6.45) is 1.70. The molecule has 0 rings (SSSR count). The van der Waals surface area contributed by atoms with Gasteiger partial charge in [-0.2, -0.15) is 0 Å². The van der Waals surface area contributed by atoms with Crippen LogP contribution in [-0.4, -0.2) is 38.3 Å². The lowest BCUT2D eigenvalue weighted by Crippen LogP contribution is -2.35. The van der Waals surface area contributed by atoms with Crippen molar-refractivity contribution >= 4 is 5.91 Å². The Morgan fingerprint density at radius 1 is 1.40 bits per heavy atom. The lowest BCUT2D eigenvalue weighted by molar-refractivity contribution is -0.121. The summed E-state index contributed by atoms with van der Waals surface area (Å²) in [6, 6.07) is 0.274. The molecule has 0 aliphatic rings. The van der Waals surface area contributed by atoms with Gasteiger partial charge in [-0.05, 0) is 20.3 Å². The molecule has 90 valence electrons. The first-order valence-electron chi connectivity index (χ1n) is 5.63. The standard InChI is InChI=1S/C11H24N2O2/c1-5-9(2)13-11(14)6-7-12-8-10(3)15-4/h9-10,12H,5-8H2,1-4H3,(H,13,14). The second-order valence-corrected chi connectivity index (χ2v) is 3.88. The Morgan fingerprint density at radius 2 is 2.07 bits per heavy atom. The third-order valence-electron chi connectivity index (χ3n) is 2.38. The molecular formula is C11H24N2O2. The van der Waals surface area contributed by atoms with Crippen molar-refractivity contribution in [1.82, 2.24) is 10.6 Å². The predicted molar refractivity (Wildman–Crippen MR) is 61.9 cm³/mol. The molecule has 0 spiro atoms. The van der Waals surface area contributed by atoms with Gasteiger partial charge >= 0.3 is 0 Å². The van der Waals surface area contributed by atoms with E-state index >= 15 is 0 Å². The van der Waals surface area contributed by atoms with Crippen molar-refractivity contribution in [1.29, 1.82) is 0 Å². The number of rotatable bonds is 8. The fourth-order valence-corrected chi connectivity index (χ4v) is 1.04. The summed E-state index contributed by atoms with van der Waals surface area (Å²) < 4.78 is 5.08. The highest BCUT2D eigenvalue weighted by Crippen LogP contribution is 1.89. The van der Waals surface area contributed by atoms with Crippen molar-refractivity contribution in [3.8, 4) is 0 Å². The van der Waals surface area contributed by atoms with Crippen LogP contribution in [0.3, 0.4) is 0 Å². The maximum Gasteiger partial charge on any atom is 0.221 e. The van der Waals surface area contributed by atoms with Crippen molar-refractivity contribution in [2.45, 2.75) is 45.8 Å². The van der Waals surface area contributed by atoms with E-state index < -0.39 is 0 Å². The first kappa shape index (κ1) is 14.4. The van der Waals surface area contributed by atoms with Crippen molar-refractivity contribution in [3.05, 3.63) is 0 Å². The van der Waals surface area contributed by atoms with E-state index in [1.54, 1.807) is 7.11 Å². The Morgan fingerprint density at radius 3 is 2.60 bits per heavy atom. The van der Waals surface area contributed by atoms with E-state index in [2.05, 4.69) is 17.6 Å². The molecule has 2 unspecified atom stereocenters. The number of methoxy groups -OCH3 is 1. The summed E-state index contributed by atoms with van der Waals surface area (Å²) in [5, 5.41) is 6.09. The molecule has 0 aromatic carbocycles. The summed E-state index contributed by atoms with van der Waals surface area (Å²) in [7, 11) is 1.68. The molecule has 0 aliphatic carbocycles. The number of amides is 1. The van der Waals surface area contributed by atoms with Gasteiger partial charge in [0.15, 0.2) is 0 Å². The van der Waals surface area contributed by atoms with Gasteiger partial charge in [0.25, 0.3) is 0 Å². The zero-order valence-electron chi connectivity index (χ0n) is 10.3. The third kappa shape index (κ3) is 8.39. The van der Waals surface area contributed by atoms with E-state index in [4.69, 9.17) is 4.74 Å². The molecule has 4 nitrogen and oxygen atoms in total. The lowest BCUT2D eigenvalue weighted by atomic mass is 10.2. The molecule has 0 heterocycles. The molecule has 0 fully saturated rings. The van der Waals surface area contributed by atoms with Crippen molar-refractivity contribution < 1.29 is 9.53 Å². The first-order valence-corrected chi connectivity index (χ1v) is 5.63. The highest BCUT2D eigenvalue weighted by atomic mass is 16.5. The molecule has 0 bridgehead atoms. The van der Waals surface area contributed by atoms with Crippen molar-refractivity contribution in [2.75, 3.05) is 20.2 Å². The van der Waals surface area contributed by atoms with E-state index in [9.17, 15) is 4.79 Å². The highest BCUT2D eigenvalue weighted by molar-refractivity contribution is 5.76. The van der Waals surface area contributed by atoms with Crippen LogP contribution in [0.5, 0.6) is 0 Å². The quantitative estimate of drug-likeness (QED) is 0.593. The zero-order valence-corrected chi connectivity index (χ0v) is 10.3. The maximum absolute atomic E-state index is 11.3. The van der Waals surface area contributed by atoms with E-state index in [1.807, 2.05) is 13.8 Å². The zero-order chi connectivity index (χ0) is 11.7. The summed E-state index contributed by atoms with van der Waals surface area (Å²) in [5.41, 5.74) is 0. The van der Waals surface area contributed by atoms with Gasteiger partial charge in [0.1, 0.15) is 0 Å². The third-order valence-corrected chi connectivity index (χ3v) is 2.38. The van der Waals surface area contributed by atoms with Crippen molar-refractivity contribution in [3.63, 3.8) is 0 Å². The summed E-state index contributed by atoms with van der Waals surface area (Å²) in [5.74, 6) is 0.113. The van der Waals surface area contributed by atoms with Gasteiger partial charge in [-0.15, -0.1) is 0 Å². The van der Waals surface area contributed by atoms with Crippen LogP contribution in [0.2, 0.25) is 0 Å². The molecule has 4 heteroatoms. The van der Waals surface area contributed by atoms with Crippen LogP contribution in [0.1, 0.15) is 33.6 Å². The molecule has 0 saturated carbocycles. The number of hydrogen-bond donors (Lipinski definition) is 2. The Labute approximate surface area is 92.8 Å². The van der Waals surface area contributed by atoms with E-state index in [0.29, 0.717) is 13.0 Å². The Kier molecular flexibility index (Phi) is 8.33. The van der Waals surface area contributed by atoms with Crippen LogP contribution in [-0.2, 0) is 9.53 Å². The maximum atomic E-state index is 11.3. The van der Waals surface area contributed by atoms with Crippen molar-refractivity contribution in [2.24, 2.45) is 0 Å². The van der Waals surface area contributed by atoms with Gasteiger partial charge < -0.3 is 15.4 Å². The minimum Gasteiger partial charge on any atom is -0.380 e. The minimum atomic E-state index is 0.113. The van der Waals surface area contributed by atoms with Crippen LogP contribution >= 0.6 is 0 Å². The second-order valence-electron chi connectivity index (χ2n) is 3.88. The highest BCUT2D eigenvalue weighted by Gasteiger charge is 2.05. The summed E-state index contributed by atoms with van der Waals surface area (Å²) in [6.45, 7) is 7.55. The number of hydrogen-bond acceptors (Lipinski definition) is 3. The van der Waals surface area contributed by atoms with Crippen LogP contribution in [0, 0.1) is 0 Å². The fraction of sp³-hybridized carbons (Fsp3) is 0.909. The molecule has 0 aromatic rings. The lowest BCUT2D eigenvalue weighted by Gasteiger charge is -2.13. The monoisotopic (exact) mass is 216 g/mol. The SMILES string of the molecule is CCC(C)NC(=O)CCNCC(C)OC. The molecule has 2 N–H and O–H groups in total. The predicted octanol–water partition coefficient (Wildman–Crippen LogP) is 0.916. The largest absolute Gasteiger partial charge is 0.380 e. The Balaban J connectivity index is 3.39. The average Bonchev–Trinajstić information content (AvgIpc) is 2.23. The number of carbonyl (C=O) groups is 1. The Hall–Kier alpha value is -0.610. The average molecular weight is 216 g/mol. The smallest absolute Gasteiger partial charge is 0.221 e. The van der Waals surface area contributed by atoms with Gasteiger partial charge in [-0.1, -0.05) is 6.92 Å². The Bertz CT molecular complexity index is 174. The van der Waals surface area contributed by atoms with Crippen LogP contribution < -0.4 is 10.6 Å². The van der Waals surface area contributed by atoms with Gasteiger partial charge in [-0.3, -0.25) is 4.79 Å². The van der Waals surface area contributed by atoms with Crippen LogP contribution in [0.15, 0.2) is 0 Å². The van der Waals surface area contributed by atoms with Gasteiger partial charge in [-0.25, -0.2) is 0 Å². The van der Waals surface area contributed by atoms with Gasteiger partial charge in [0, 0.05) is 32.7 Å². The molecular weight excluding hydrogens is 192 g/mol. The number of ether oxygens (including phenoxy) is 1. The first-order chi connectivity index (χ1) is 7.10. The molecule has 1 amide bonds. The van der Waals surface area contributed by atoms with E-state index in [1.165, 1.54) is 0 Å². The second kappa shape index (κ2) is 8.68. The van der Waals surface area contributed by atoms with Gasteiger partial charge in [0.2, 0.25) is 5.91 Å². The molecule has 2 atom stereocenters. The van der Waals surface area contributed by atoms with Crippen LogP contribution in [0.4, 0.5) is 0 Å². The van der Waals surface area contributed by atoms with E-state index in [0.717, 1.165) is 13.0 Å². The minimum absolute atomic E-state index is 0.113. The number of nitrogens with one attached hydrogen (secondary N) is 2. The summed E-state index contributed by atoms with van der Waals surface area (Å²) in [4.78, 5) is 11.3. The fourth-order valence-electron chi connectivity index (χ4n) is 1.04. The van der Waals surface area contributed by atoms with Crippen LogP contribution in [0.25, 0.3) is 0 Å². The molecule has 15 heavy (non-hydrogen) atoms. The topological polar surface area (TPSA) is 50.4 Å². The molecule has 0 saturated heterocycles. The molecule has 0 aromatic heterocycles. The molecule has 0 aliphatic heterocycles. The van der Waals surface area contributed by atoms with Gasteiger partial charge in [0.05, 0.1) is 6.10 Å². The summed E-state index contributed by atoms with van der Waals surface area (Å²) >= 11 is 0. The van der Waals surface area contributed by atoms with E-state index in [-0.39, 0.29) is 18.1 Å². The molecule has 0 radical (unpaired) electrons. The number of carbonyl (C=O) groups excluding carboxylic acids is 1. The normalized spacial score (nSPS) is 14.7.